The van der Waals surface area contributed by atoms with Gasteiger partial charge in [0.15, 0.2) is 0 Å². The molecule has 7 nitrogen and oxygen atoms in total. The number of hydrogen-bond donors (Lipinski definition) is 0. The van der Waals surface area contributed by atoms with E-state index in [2.05, 4.69) is 0 Å². The van der Waals surface area contributed by atoms with Crippen molar-refractivity contribution < 1.29 is 22.0 Å². The second-order valence-electron chi connectivity index (χ2n) is 6.96. The van der Waals surface area contributed by atoms with Crippen LogP contribution in [0.4, 0.5) is 0 Å². The van der Waals surface area contributed by atoms with Crippen LogP contribution in [0, 0.1) is 0 Å². The fraction of sp³-hybridized carbons (Fsp3) is 0.286. The molecule has 2 heterocycles. The zero-order valence-electron chi connectivity index (χ0n) is 16.6. The number of rotatable bonds is 8. The van der Waals surface area contributed by atoms with Crippen molar-refractivity contribution in [2.45, 2.75) is 37.9 Å². The molecule has 3 rings (SSSR count). The van der Waals surface area contributed by atoms with Crippen LogP contribution in [-0.2, 0) is 23.1 Å². The van der Waals surface area contributed by atoms with Crippen LogP contribution in [0.2, 0.25) is 0 Å². The molecule has 0 spiro atoms. The highest BCUT2D eigenvalue weighted by atomic mass is 32.2. The van der Waals surface area contributed by atoms with E-state index in [0.29, 0.717) is 11.5 Å². The van der Waals surface area contributed by atoms with E-state index in [1.165, 1.54) is 23.5 Å². The Morgan fingerprint density at radius 2 is 1.55 bits per heavy atom. The van der Waals surface area contributed by atoms with Gasteiger partial charge in [-0.1, -0.05) is 6.07 Å². The third-order valence-corrected chi connectivity index (χ3v) is 6.66. The molecule has 0 atom stereocenters. The van der Waals surface area contributed by atoms with Gasteiger partial charge >= 0.3 is 0 Å². The second-order valence-corrected chi connectivity index (χ2v) is 8.96. The van der Waals surface area contributed by atoms with Crippen molar-refractivity contribution in [1.29, 1.82) is 0 Å². The summed E-state index contributed by atoms with van der Waals surface area (Å²) in [6.07, 6.45) is 3.08. The maximum Gasteiger partial charge on any atom is 0.254 e. The summed E-state index contributed by atoms with van der Waals surface area (Å²) in [5.74, 6) is 0.920. The van der Waals surface area contributed by atoms with Crippen LogP contribution in [0.5, 0.6) is 0 Å². The van der Waals surface area contributed by atoms with Gasteiger partial charge in [-0.3, -0.25) is 4.79 Å². The monoisotopic (exact) mass is 416 g/mol. The summed E-state index contributed by atoms with van der Waals surface area (Å²) in [6, 6.07) is 12.9. The van der Waals surface area contributed by atoms with Crippen LogP contribution in [-0.4, -0.2) is 36.6 Å². The Labute approximate surface area is 170 Å². The van der Waals surface area contributed by atoms with Gasteiger partial charge in [-0.25, -0.2) is 8.42 Å². The number of hydrogen-bond acceptors (Lipinski definition) is 5. The molecule has 3 aromatic rings. The van der Waals surface area contributed by atoms with E-state index in [1.807, 2.05) is 0 Å². The molecule has 0 fully saturated rings. The molecule has 0 bridgehead atoms. The molecule has 0 saturated heterocycles. The van der Waals surface area contributed by atoms with E-state index in [9.17, 15) is 13.2 Å². The van der Waals surface area contributed by atoms with Gasteiger partial charge in [-0.2, -0.15) is 4.31 Å². The van der Waals surface area contributed by atoms with Crippen molar-refractivity contribution in [1.82, 2.24) is 9.21 Å². The van der Waals surface area contributed by atoms with Crippen molar-refractivity contribution >= 4 is 15.9 Å². The molecule has 2 aromatic heterocycles. The molecule has 8 heteroatoms. The highest BCUT2D eigenvalue weighted by Crippen LogP contribution is 2.20. The Hall–Kier alpha value is -2.84. The predicted octanol–water partition coefficient (Wildman–Crippen LogP) is 3.74. The van der Waals surface area contributed by atoms with Crippen LogP contribution in [0.25, 0.3) is 0 Å². The minimum Gasteiger partial charge on any atom is -0.467 e. The molecule has 0 unspecified atom stereocenters. The summed E-state index contributed by atoms with van der Waals surface area (Å²) in [4.78, 5) is 14.8. The number of carbonyl (C=O) groups is 1. The van der Waals surface area contributed by atoms with Crippen LogP contribution in [0.15, 0.2) is 74.8 Å². The van der Waals surface area contributed by atoms with E-state index < -0.39 is 10.0 Å². The average molecular weight is 416 g/mol. The maximum absolute atomic E-state index is 13.2. The molecular formula is C21H24N2O5S. The zero-order chi connectivity index (χ0) is 21.0. The van der Waals surface area contributed by atoms with Gasteiger partial charge in [0.1, 0.15) is 11.5 Å². The van der Waals surface area contributed by atoms with Gasteiger partial charge in [0.25, 0.3) is 5.91 Å². The highest BCUT2D eigenvalue weighted by molar-refractivity contribution is 7.89. The topological polar surface area (TPSA) is 84.0 Å². The van der Waals surface area contributed by atoms with Gasteiger partial charge in [0, 0.05) is 18.7 Å². The van der Waals surface area contributed by atoms with Crippen molar-refractivity contribution in [3.05, 3.63) is 78.1 Å². The minimum atomic E-state index is -3.69. The SMILES string of the molecule is CC(C)N(C)S(=O)(=O)c1cccc(C(=O)N(Cc2ccco2)Cc2ccco2)c1. The first-order valence-corrected chi connectivity index (χ1v) is 10.6. The summed E-state index contributed by atoms with van der Waals surface area (Å²) in [5, 5.41) is 0. The van der Waals surface area contributed by atoms with E-state index >= 15 is 0 Å². The number of nitrogens with zero attached hydrogens (tertiary/aromatic N) is 2. The molecule has 1 aromatic carbocycles. The Morgan fingerprint density at radius 3 is 2.03 bits per heavy atom. The fourth-order valence-electron chi connectivity index (χ4n) is 2.80. The van der Waals surface area contributed by atoms with Crippen molar-refractivity contribution in [2.24, 2.45) is 0 Å². The third-order valence-electron chi connectivity index (χ3n) is 4.63. The third kappa shape index (κ3) is 4.78. The first-order chi connectivity index (χ1) is 13.8. The summed E-state index contributed by atoms with van der Waals surface area (Å²) in [6.45, 7) is 4.05. The van der Waals surface area contributed by atoms with Crippen molar-refractivity contribution in [3.8, 4) is 0 Å². The average Bonchev–Trinajstić information content (AvgIpc) is 3.40. The first-order valence-electron chi connectivity index (χ1n) is 9.21. The standard InChI is InChI=1S/C21H24N2O5S/c1-16(2)22(3)29(25,26)20-10-4-7-17(13-20)21(24)23(14-18-8-5-11-27-18)15-19-9-6-12-28-19/h4-13,16H,14-15H2,1-3H3. The van der Waals surface area contributed by atoms with Gasteiger partial charge < -0.3 is 13.7 Å². The minimum absolute atomic E-state index is 0.0792. The Bertz CT molecular complexity index is 1000. The van der Waals surface area contributed by atoms with E-state index in [-0.39, 0.29) is 35.5 Å². The van der Waals surface area contributed by atoms with Crippen molar-refractivity contribution in [2.75, 3.05) is 7.05 Å². The number of carbonyl (C=O) groups excluding carboxylic acids is 1. The lowest BCUT2D eigenvalue weighted by molar-refractivity contribution is 0.0704. The lowest BCUT2D eigenvalue weighted by Crippen LogP contribution is -2.33. The lowest BCUT2D eigenvalue weighted by atomic mass is 10.2. The molecule has 0 aliphatic heterocycles. The number of amides is 1. The van der Waals surface area contributed by atoms with E-state index in [4.69, 9.17) is 8.83 Å². The molecule has 0 saturated carbocycles. The second kappa shape index (κ2) is 8.67. The van der Waals surface area contributed by atoms with Crippen LogP contribution in [0.3, 0.4) is 0 Å². The number of benzene rings is 1. The van der Waals surface area contributed by atoms with Gasteiger partial charge in [-0.15, -0.1) is 0 Å². The number of furan rings is 2. The smallest absolute Gasteiger partial charge is 0.254 e. The van der Waals surface area contributed by atoms with Crippen LogP contribution in [0.1, 0.15) is 35.7 Å². The molecule has 0 radical (unpaired) electrons. The Kier molecular flexibility index (Phi) is 6.24. The molecule has 29 heavy (non-hydrogen) atoms. The zero-order valence-corrected chi connectivity index (χ0v) is 17.4. The molecule has 1 amide bonds. The normalized spacial score (nSPS) is 11.9. The molecule has 0 N–H and O–H groups in total. The summed E-state index contributed by atoms with van der Waals surface area (Å²) in [7, 11) is -2.17. The quantitative estimate of drug-likeness (QED) is 0.558. The van der Waals surface area contributed by atoms with E-state index in [0.717, 1.165) is 0 Å². The summed E-state index contributed by atoms with van der Waals surface area (Å²) < 4.78 is 37.6. The summed E-state index contributed by atoms with van der Waals surface area (Å²) >= 11 is 0. The first kappa shape index (κ1) is 20.9. The number of sulfonamides is 1. The summed E-state index contributed by atoms with van der Waals surface area (Å²) in [5.41, 5.74) is 0.279. The Morgan fingerprint density at radius 1 is 0.966 bits per heavy atom. The van der Waals surface area contributed by atoms with Crippen molar-refractivity contribution in [3.63, 3.8) is 0 Å². The van der Waals surface area contributed by atoms with E-state index in [1.54, 1.807) is 67.7 Å². The predicted molar refractivity (Wildman–Crippen MR) is 108 cm³/mol. The lowest BCUT2D eigenvalue weighted by Gasteiger charge is -2.23. The Balaban J connectivity index is 1.91. The van der Waals surface area contributed by atoms with Gasteiger partial charge in [-0.05, 0) is 56.3 Å². The van der Waals surface area contributed by atoms with Gasteiger partial charge in [0.05, 0.1) is 30.5 Å². The maximum atomic E-state index is 13.2. The van der Waals surface area contributed by atoms with Crippen LogP contribution < -0.4 is 0 Å². The largest absolute Gasteiger partial charge is 0.467 e. The van der Waals surface area contributed by atoms with Gasteiger partial charge in [0.2, 0.25) is 10.0 Å². The molecule has 154 valence electrons. The molecule has 0 aliphatic carbocycles. The highest BCUT2D eigenvalue weighted by Gasteiger charge is 2.25. The van der Waals surface area contributed by atoms with Crippen LogP contribution >= 0.6 is 0 Å². The fourth-order valence-corrected chi connectivity index (χ4v) is 4.21. The molecule has 0 aliphatic rings. The molecular weight excluding hydrogens is 392 g/mol.